The van der Waals surface area contributed by atoms with E-state index in [1.165, 1.54) is 6.42 Å². The standard InChI is InChI=1S/C14H24N2O/c1-4-5-11-17-14-8-6-7-13(12-14)15-9-10-16(2)3/h6-8,12,15H,4-5,9-11H2,1-3H3. The van der Waals surface area contributed by atoms with E-state index in [1.807, 2.05) is 12.1 Å². The van der Waals surface area contributed by atoms with E-state index in [0.29, 0.717) is 0 Å². The van der Waals surface area contributed by atoms with Gasteiger partial charge in [0.2, 0.25) is 0 Å². The number of benzene rings is 1. The van der Waals surface area contributed by atoms with Crippen LogP contribution in [-0.2, 0) is 0 Å². The molecule has 0 bridgehead atoms. The summed E-state index contributed by atoms with van der Waals surface area (Å²) in [5.41, 5.74) is 1.13. The Balaban J connectivity index is 2.37. The highest BCUT2D eigenvalue weighted by atomic mass is 16.5. The smallest absolute Gasteiger partial charge is 0.121 e. The van der Waals surface area contributed by atoms with E-state index in [0.717, 1.165) is 37.6 Å². The van der Waals surface area contributed by atoms with Crippen molar-refractivity contribution in [3.05, 3.63) is 24.3 Å². The fourth-order valence-corrected chi connectivity index (χ4v) is 1.45. The van der Waals surface area contributed by atoms with Crippen LogP contribution in [0.1, 0.15) is 19.8 Å². The highest BCUT2D eigenvalue weighted by Gasteiger charge is 1.97. The van der Waals surface area contributed by atoms with Gasteiger partial charge in [-0.2, -0.15) is 0 Å². The minimum atomic E-state index is 0.803. The Morgan fingerprint density at radius 2 is 2.12 bits per heavy atom. The molecule has 0 aliphatic heterocycles. The van der Waals surface area contributed by atoms with Gasteiger partial charge in [-0.25, -0.2) is 0 Å². The van der Waals surface area contributed by atoms with E-state index in [4.69, 9.17) is 4.74 Å². The van der Waals surface area contributed by atoms with Gasteiger partial charge in [0.1, 0.15) is 5.75 Å². The summed E-state index contributed by atoms with van der Waals surface area (Å²) in [5.74, 6) is 0.952. The largest absolute Gasteiger partial charge is 0.494 e. The zero-order valence-corrected chi connectivity index (χ0v) is 11.2. The second-order valence-electron chi connectivity index (χ2n) is 4.46. The predicted octanol–water partition coefficient (Wildman–Crippen LogP) is 2.84. The second kappa shape index (κ2) is 7.96. The third-order valence-electron chi connectivity index (χ3n) is 2.49. The Morgan fingerprint density at radius 1 is 1.29 bits per heavy atom. The van der Waals surface area contributed by atoms with Crippen molar-refractivity contribution in [2.24, 2.45) is 0 Å². The van der Waals surface area contributed by atoms with Crippen LogP contribution in [0.2, 0.25) is 0 Å². The molecule has 0 atom stereocenters. The molecule has 0 radical (unpaired) electrons. The highest BCUT2D eigenvalue weighted by molar-refractivity contribution is 5.48. The Bertz CT molecular complexity index is 313. The highest BCUT2D eigenvalue weighted by Crippen LogP contribution is 2.17. The molecule has 0 aliphatic rings. The molecule has 17 heavy (non-hydrogen) atoms. The van der Waals surface area contributed by atoms with E-state index in [-0.39, 0.29) is 0 Å². The number of hydrogen-bond donors (Lipinski definition) is 1. The topological polar surface area (TPSA) is 24.5 Å². The lowest BCUT2D eigenvalue weighted by atomic mass is 10.3. The van der Waals surface area contributed by atoms with Crippen LogP contribution < -0.4 is 10.1 Å². The Morgan fingerprint density at radius 3 is 2.82 bits per heavy atom. The molecular formula is C14H24N2O. The number of likely N-dealkylation sites (N-methyl/N-ethyl adjacent to an activating group) is 1. The van der Waals surface area contributed by atoms with E-state index in [1.54, 1.807) is 0 Å². The van der Waals surface area contributed by atoms with Gasteiger partial charge in [-0.05, 0) is 32.6 Å². The quantitative estimate of drug-likeness (QED) is 0.702. The summed E-state index contributed by atoms with van der Waals surface area (Å²) in [6.07, 6.45) is 2.28. The normalized spacial score (nSPS) is 10.6. The summed E-state index contributed by atoms with van der Waals surface area (Å²) in [5, 5.41) is 3.39. The third-order valence-corrected chi connectivity index (χ3v) is 2.49. The van der Waals surface area contributed by atoms with Gasteiger partial charge in [0.25, 0.3) is 0 Å². The van der Waals surface area contributed by atoms with Gasteiger partial charge < -0.3 is 15.0 Å². The van der Waals surface area contributed by atoms with Gasteiger partial charge in [-0.3, -0.25) is 0 Å². The minimum Gasteiger partial charge on any atom is -0.494 e. The number of nitrogens with zero attached hydrogens (tertiary/aromatic N) is 1. The van der Waals surface area contributed by atoms with Crippen molar-refractivity contribution < 1.29 is 4.74 Å². The summed E-state index contributed by atoms with van der Waals surface area (Å²) < 4.78 is 5.66. The number of nitrogens with one attached hydrogen (secondary N) is 1. The molecule has 0 aromatic heterocycles. The maximum atomic E-state index is 5.66. The van der Waals surface area contributed by atoms with Crippen molar-refractivity contribution in [3.8, 4) is 5.75 Å². The first-order chi connectivity index (χ1) is 8.22. The first kappa shape index (κ1) is 13.8. The van der Waals surface area contributed by atoms with Gasteiger partial charge in [0.05, 0.1) is 6.61 Å². The molecular weight excluding hydrogens is 212 g/mol. The lowest BCUT2D eigenvalue weighted by molar-refractivity contribution is 0.309. The van der Waals surface area contributed by atoms with Crippen molar-refractivity contribution in [2.75, 3.05) is 39.1 Å². The van der Waals surface area contributed by atoms with E-state index in [2.05, 4.69) is 43.4 Å². The number of hydrogen-bond acceptors (Lipinski definition) is 3. The maximum absolute atomic E-state index is 5.66. The Labute approximate surface area is 105 Å². The first-order valence-corrected chi connectivity index (χ1v) is 6.34. The van der Waals surface area contributed by atoms with Crippen molar-refractivity contribution in [2.45, 2.75) is 19.8 Å². The number of anilines is 1. The summed E-state index contributed by atoms with van der Waals surface area (Å²) in [4.78, 5) is 2.16. The van der Waals surface area contributed by atoms with Gasteiger partial charge in [-0.15, -0.1) is 0 Å². The lowest BCUT2D eigenvalue weighted by Crippen LogP contribution is -2.20. The van der Waals surface area contributed by atoms with E-state index < -0.39 is 0 Å². The molecule has 0 heterocycles. The summed E-state index contributed by atoms with van der Waals surface area (Å²) in [7, 11) is 4.15. The SMILES string of the molecule is CCCCOc1cccc(NCCN(C)C)c1. The molecule has 96 valence electrons. The molecule has 1 aromatic carbocycles. The van der Waals surface area contributed by atoms with Crippen LogP contribution in [0.25, 0.3) is 0 Å². The molecule has 1 aromatic rings. The molecule has 0 fully saturated rings. The van der Waals surface area contributed by atoms with Crippen molar-refractivity contribution in [1.29, 1.82) is 0 Å². The van der Waals surface area contributed by atoms with Crippen LogP contribution >= 0.6 is 0 Å². The van der Waals surface area contributed by atoms with Gasteiger partial charge in [0.15, 0.2) is 0 Å². The molecule has 0 saturated heterocycles. The van der Waals surface area contributed by atoms with Crippen molar-refractivity contribution in [1.82, 2.24) is 4.90 Å². The van der Waals surface area contributed by atoms with Crippen LogP contribution in [0.4, 0.5) is 5.69 Å². The maximum Gasteiger partial charge on any atom is 0.121 e. The second-order valence-corrected chi connectivity index (χ2v) is 4.46. The van der Waals surface area contributed by atoms with Gasteiger partial charge >= 0.3 is 0 Å². The monoisotopic (exact) mass is 236 g/mol. The third kappa shape index (κ3) is 6.17. The predicted molar refractivity (Wildman–Crippen MR) is 73.9 cm³/mol. The summed E-state index contributed by atoms with van der Waals surface area (Å²) in [6, 6.07) is 8.17. The summed E-state index contributed by atoms with van der Waals surface area (Å²) in [6.45, 7) is 4.95. The van der Waals surface area contributed by atoms with E-state index >= 15 is 0 Å². The number of unbranched alkanes of at least 4 members (excludes halogenated alkanes) is 1. The molecule has 0 spiro atoms. The van der Waals surface area contributed by atoms with Crippen molar-refractivity contribution in [3.63, 3.8) is 0 Å². The average molecular weight is 236 g/mol. The van der Waals surface area contributed by atoms with Crippen LogP contribution in [0.5, 0.6) is 5.75 Å². The van der Waals surface area contributed by atoms with Gasteiger partial charge in [-0.1, -0.05) is 19.4 Å². The van der Waals surface area contributed by atoms with E-state index in [9.17, 15) is 0 Å². The molecule has 1 N–H and O–H groups in total. The van der Waals surface area contributed by atoms with Crippen LogP contribution in [0, 0.1) is 0 Å². The zero-order chi connectivity index (χ0) is 12.5. The molecule has 0 unspecified atom stereocenters. The fourth-order valence-electron chi connectivity index (χ4n) is 1.45. The molecule has 0 aliphatic carbocycles. The van der Waals surface area contributed by atoms with Crippen LogP contribution in [0.15, 0.2) is 24.3 Å². The molecule has 1 rings (SSSR count). The number of ether oxygens (including phenoxy) is 1. The summed E-state index contributed by atoms with van der Waals surface area (Å²) >= 11 is 0. The lowest BCUT2D eigenvalue weighted by Gasteiger charge is -2.12. The Hall–Kier alpha value is -1.22. The minimum absolute atomic E-state index is 0.803. The number of rotatable bonds is 8. The van der Waals surface area contributed by atoms with Crippen LogP contribution in [-0.4, -0.2) is 38.7 Å². The molecule has 0 saturated carbocycles. The van der Waals surface area contributed by atoms with Crippen molar-refractivity contribution >= 4 is 5.69 Å². The average Bonchev–Trinajstić information content (AvgIpc) is 2.29. The van der Waals surface area contributed by atoms with Gasteiger partial charge in [0, 0.05) is 24.8 Å². The molecule has 3 heteroatoms. The molecule has 3 nitrogen and oxygen atoms in total. The fraction of sp³-hybridized carbons (Fsp3) is 0.571. The van der Waals surface area contributed by atoms with Crippen LogP contribution in [0.3, 0.4) is 0 Å². The first-order valence-electron chi connectivity index (χ1n) is 6.34. The molecule has 0 amide bonds. The Kier molecular flexibility index (Phi) is 6.48. The zero-order valence-electron chi connectivity index (χ0n) is 11.2.